The van der Waals surface area contributed by atoms with Gasteiger partial charge in [-0.3, -0.25) is 9.59 Å². The molecule has 1 aromatic carbocycles. The van der Waals surface area contributed by atoms with Crippen LogP contribution in [-0.2, 0) is 22.6 Å². The van der Waals surface area contributed by atoms with Crippen molar-refractivity contribution >= 4 is 23.4 Å². The van der Waals surface area contributed by atoms with Crippen LogP contribution in [0.4, 0.5) is 0 Å². The van der Waals surface area contributed by atoms with Crippen LogP contribution in [0.25, 0.3) is 11.3 Å². The molecule has 0 aliphatic rings. The number of aryl methyl sites for hydroxylation is 1. The molecule has 0 saturated heterocycles. The van der Waals surface area contributed by atoms with E-state index in [0.717, 1.165) is 17.0 Å². The van der Waals surface area contributed by atoms with E-state index in [9.17, 15) is 9.59 Å². The topological polar surface area (TPSA) is 59.3 Å². The predicted octanol–water partition coefficient (Wildman–Crippen LogP) is 3.41. The smallest absolute Gasteiger partial charge is 0.303 e. The summed E-state index contributed by atoms with van der Waals surface area (Å²) in [7, 11) is 0. The molecule has 0 unspecified atom stereocenters. The van der Waals surface area contributed by atoms with Crippen molar-refractivity contribution in [2.75, 3.05) is 0 Å². The number of rotatable bonds is 6. The third kappa shape index (κ3) is 3.95. The zero-order valence-electron chi connectivity index (χ0n) is 11.7. The monoisotopic (exact) mass is 305 g/mol. The highest BCUT2D eigenvalue weighted by Crippen LogP contribution is 2.25. The number of halogens is 1. The number of nitrogens with zero attached hydrogens (tertiary/aromatic N) is 1. The van der Waals surface area contributed by atoms with Gasteiger partial charge in [-0.2, -0.15) is 0 Å². The molecule has 0 radical (unpaired) electrons. The molecule has 0 fully saturated rings. The summed E-state index contributed by atoms with van der Waals surface area (Å²) in [6, 6.07) is 11.1. The summed E-state index contributed by atoms with van der Waals surface area (Å²) in [5.41, 5.74) is 2.68. The molecule has 5 heteroatoms. The number of aliphatic carboxylic acids is 1. The molecule has 110 valence electrons. The average molecular weight is 306 g/mol. The Kier molecular flexibility index (Phi) is 4.81. The van der Waals surface area contributed by atoms with Crippen molar-refractivity contribution in [3.63, 3.8) is 0 Å². The highest BCUT2D eigenvalue weighted by atomic mass is 35.5. The van der Waals surface area contributed by atoms with Gasteiger partial charge >= 0.3 is 5.97 Å². The fraction of sp³-hybridized carbons (Fsp3) is 0.250. The van der Waals surface area contributed by atoms with Gasteiger partial charge in [-0.25, -0.2) is 0 Å². The van der Waals surface area contributed by atoms with E-state index in [1.54, 1.807) is 12.1 Å². The minimum Gasteiger partial charge on any atom is -0.481 e. The Hall–Kier alpha value is -2.07. The summed E-state index contributed by atoms with van der Waals surface area (Å²) < 4.78 is 1.87. The van der Waals surface area contributed by atoms with E-state index in [1.807, 2.05) is 28.8 Å². The lowest BCUT2D eigenvalue weighted by Gasteiger charge is -2.12. The highest BCUT2D eigenvalue weighted by molar-refractivity contribution is 6.30. The summed E-state index contributed by atoms with van der Waals surface area (Å²) in [6.07, 6.45) is 0.443. The molecule has 0 atom stereocenters. The number of carboxylic acids is 1. The Bertz CT molecular complexity index is 659. The molecule has 0 saturated carbocycles. The molecular formula is C16H16ClNO3. The fourth-order valence-electron chi connectivity index (χ4n) is 2.25. The van der Waals surface area contributed by atoms with Crippen LogP contribution < -0.4 is 0 Å². The van der Waals surface area contributed by atoms with Crippen molar-refractivity contribution < 1.29 is 14.7 Å². The Morgan fingerprint density at radius 2 is 1.81 bits per heavy atom. The SMILES string of the molecule is CC(=O)Cn1c(CCC(=O)O)ccc1-c1ccc(Cl)cc1. The second-order valence-corrected chi connectivity index (χ2v) is 5.34. The Morgan fingerprint density at radius 3 is 2.38 bits per heavy atom. The van der Waals surface area contributed by atoms with Gasteiger partial charge in [-0.15, -0.1) is 0 Å². The minimum absolute atomic E-state index is 0.0259. The van der Waals surface area contributed by atoms with Crippen LogP contribution in [-0.4, -0.2) is 21.4 Å². The third-order valence-electron chi connectivity index (χ3n) is 3.19. The average Bonchev–Trinajstić information content (AvgIpc) is 2.79. The van der Waals surface area contributed by atoms with Crippen molar-refractivity contribution in [3.05, 3.63) is 47.1 Å². The van der Waals surface area contributed by atoms with Gasteiger partial charge in [0.25, 0.3) is 0 Å². The Morgan fingerprint density at radius 1 is 1.14 bits per heavy atom. The zero-order valence-corrected chi connectivity index (χ0v) is 12.4. The van der Waals surface area contributed by atoms with Gasteiger partial charge in [0, 0.05) is 16.4 Å². The molecule has 1 N–H and O–H groups in total. The first kappa shape index (κ1) is 15.3. The maximum absolute atomic E-state index is 11.5. The first-order chi connectivity index (χ1) is 9.97. The Balaban J connectivity index is 2.38. The van der Waals surface area contributed by atoms with E-state index in [4.69, 9.17) is 16.7 Å². The van der Waals surface area contributed by atoms with Gasteiger partial charge < -0.3 is 9.67 Å². The van der Waals surface area contributed by atoms with Crippen molar-refractivity contribution in [3.8, 4) is 11.3 Å². The largest absolute Gasteiger partial charge is 0.481 e. The highest BCUT2D eigenvalue weighted by Gasteiger charge is 2.12. The van der Waals surface area contributed by atoms with E-state index in [2.05, 4.69) is 0 Å². The summed E-state index contributed by atoms with van der Waals surface area (Å²) in [5, 5.41) is 9.46. The number of Topliss-reactive ketones (excluding diaryl/α,β-unsaturated/α-hetero) is 1. The van der Waals surface area contributed by atoms with Gasteiger partial charge in [-0.1, -0.05) is 23.7 Å². The van der Waals surface area contributed by atoms with Gasteiger partial charge in [0.1, 0.15) is 5.78 Å². The van der Waals surface area contributed by atoms with Gasteiger partial charge in [0.2, 0.25) is 0 Å². The lowest BCUT2D eigenvalue weighted by atomic mass is 10.1. The standard InChI is InChI=1S/C16H16ClNO3/c1-11(19)10-18-14(7-9-16(20)21)6-8-15(18)12-2-4-13(17)5-3-12/h2-6,8H,7,9-10H2,1H3,(H,20,21). The van der Waals surface area contributed by atoms with Crippen LogP contribution in [0.3, 0.4) is 0 Å². The maximum atomic E-state index is 11.5. The van der Waals surface area contributed by atoms with Crippen LogP contribution in [0.15, 0.2) is 36.4 Å². The number of aromatic nitrogens is 1. The van der Waals surface area contributed by atoms with Crippen LogP contribution in [0, 0.1) is 0 Å². The molecular weight excluding hydrogens is 290 g/mol. The van der Waals surface area contributed by atoms with Crippen LogP contribution in [0.1, 0.15) is 19.0 Å². The number of carboxylic acid groups (broad SMARTS) is 1. The summed E-state index contributed by atoms with van der Waals surface area (Å²) in [5.74, 6) is -0.823. The molecule has 0 spiro atoms. The van der Waals surface area contributed by atoms with E-state index < -0.39 is 5.97 Å². The number of carbonyl (C=O) groups excluding carboxylic acids is 1. The van der Waals surface area contributed by atoms with Gasteiger partial charge in [0.15, 0.2) is 0 Å². The predicted molar refractivity (Wildman–Crippen MR) is 81.5 cm³/mol. The summed E-state index contributed by atoms with van der Waals surface area (Å²) in [4.78, 5) is 22.2. The van der Waals surface area contributed by atoms with E-state index in [-0.39, 0.29) is 18.7 Å². The second-order valence-electron chi connectivity index (χ2n) is 4.90. The lowest BCUT2D eigenvalue weighted by Crippen LogP contribution is -2.12. The van der Waals surface area contributed by atoms with Gasteiger partial charge in [0.05, 0.1) is 13.0 Å². The van der Waals surface area contributed by atoms with E-state index >= 15 is 0 Å². The van der Waals surface area contributed by atoms with E-state index in [0.29, 0.717) is 11.4 Å². The molecule has 1 aromatic heterocycles. The number of hydrogen-bond donors (Lipinski definition) is 1. The molecule has 0 aliphatic carbocycles. The molecule has 4 nitrogen and oxygen atoms in total. The van der Waals surface area contributed by atoms with Gasteiger partial charge in [-0.05, 0) is 43.2 Å². The molecule has 1 heterocycles. The normalized spacial score (nSPS) is 10.6. The Labute approximate surface area is 128 Å². The molecule has 2 rings (SSSR count). The maximum Gasteiger partial charge on any atom is 0.303 e. The van der Waals surface area contributed by atoms with Crippen molar-refractivity contribution in [1.29, 1.82) is 0 Å². The first-order valence-electron chi connectivity index (χ1n) is 6.63. The van der Waals surface area contributed by atoms with Crippen LogP contribution in [0.5, 0.6) is 0 Å². The molecule has 2 aromatic rings. The lowest BCUT2D eigenvalue weighted by molar-refractivity contribution is -0.137. The van der Waals surface area contributed by atoms with Crippen LogP contribution in [0.2, 0.25) is 5.02 Å². The zero-order chi connectivity index (χ0) is 15.4. The second kappa shape index (κ2) is 6.59. The summed E-state index contributed by atoms with van der Waals surface area (Å²) in [6.45, 7) is 1.76. The molecule has 0 aliphatic heterocycles. The number of carbonyl (C=O) groups is 2. The van der Waals surface area contributed by atoms with Crippen LogP contribution >= 0.6 is 11.6 Å². The van der Waals surface area contributed by atoms with E-state index in [1.165, 1.54) is 6.92 Å². The third-order valence-corrected chi connectivity index (χ3v) is 3.44. The summed E-state index contributed by atoms with van der Waals surface area (Å²) >= 11 is 5.89. The van der Waals surface area contributed by atoms with Crippen molar-refractivity contribution in [1.82, 2.24) is 4.57 Å². The molecule has 0 bridgehead atoms. The number of benzene rings is 1. The number of ketones is 1. The number of hydrogen-bond acceptors (Lipinski definition) is 2. The minimum atomic E-state index is -0.849. The first-order valence-corrected chi connectivity index (χ1v) is 7.00. The fourth-order valence-corrected chi connectivity index (χ4v) is 2.37. The van der Waals surface area contributed by atoms with Crippen molar-refractivity contribution in [2.24, 2.45) is 0 Å². The molecule has 21 heavy (non-hydrogen) atoms. The molecule has 0 amide bonds. The quantitative estimate of drug-likeness (QED) is 0.889. The van der Waals surface area contributed by atoms with Crippen molar-refractivity contribution in [2.45, 2.75) is 26.3 Å².